The van der Waals surface area contributed by atoms with E-state index in [1.54, 1.807) is 17.3 Å². The Morgan fingerprint density at radius 3 is 3.00 bits per heavy atom. The third-order valence-electron chi connectivity index (χ3n) is 3.77. The van der Waals surface area contributed by atoms with E-state index in [0.717, 1.165) is 17.0 Å². The molecule has 0 radical (unpaired) electrons. The van der Waals surface area contributed by atoms with Gasteiger partial charge in [-0.15, -0.1) is 5.10 Å². The number of urea groups is 1. The number of hydrogen-bond acceptors (Lipinski definition) is 5. The molecule has 0 aliphatic carbocycles. The second-order valence-electron chi connectivity index (χ2n) is 6.09. The number of aromatic nitrogens is 4. The van der Waals surface area contributed by atoms with Gasteiger partial charge in [-0.1, -0.05) is 11.3 Å². The number of nitrogens with zero attached hydrogens (tertiary/aromatic N) is 5. The SMILES string of the molecule is CC(C)NC(=O)N1CCn2nnc(COCc3cccnc3)c2C1. The molecule has 8 heteroatoms. The summed E-state index contributed by atoms with van der Waals surface area (Å²) >= 11 is 0. The number of carbonyl (C=O) groups is 1. The minimum atomic E-state index is -0.0559. The molecular formula is C16H22N6O2. The van der Waals surface area contributed by atoms with Crippen LogP contribution in [0.2, 0.25) is 0 Å². The Labute approximate surface area is 140 Å². The molecule has 1 aliphatic heterocycles. The molecule has 1 aliphatic rings. The number of carbonyl (C=O) groups excluding carboxylic acids is 1. The van der Waals surface area contributed by atoms with Gasteiger partial charge in [0.2, 0.25) is 0 Å². The summed E-state index contributed by atoms with van der Waals surface area (Å²) in [4.78, 5) is 18.0. The molecule has 1 N–H and O–H groups in total. The van der Waals surface area contributed by atoms with Gasteiger partial charge in [-0.05, 0) is 25.5 Å². The van der Waals surface area contributed by atoms with Gasteiger partial charge >= 0.3 is 6.03 Å². The van der Waals surface area contributed by atoms with E-state index in [0.29, 0.717) is 32.8 Å². The molecule has 3 heterocycles. The van der Waals surface area contributed by atoms with Crippen LogP contribution in [0.1, 0.15) is 30.8 Å². The molecule has 2 aromatic rings. The van der Waals surface area contributed by atoms with Gasteiger partial charge in [-0.3, -0.25) is 4.98 Å². The molecule has 0 atom stereocenters. The number of nitrogens with one attached hydrogen (secondary N) is 1. The topological polar surface area (TPSA) is 85.2 Å². The summed E-state index contributed by atoms with van der Waals surface area (Å²) in [5.41, 5.74) is 2.73. The van der Waals surface area contributed by atoms with Crippen LogP contribution in [-0.4, -0.2) is 43.5 Å². The van der Waals surface area contributed by atoms with E-state index in [-0.39, 0.29) is 12.1 Å². The Bertz CT molecular complexity index is 685. The second-order valence-corrected chi connectivity index (χ2v) is 6.09. The zero-order valence-corrected chi connectivity index (χ0v) is 14.0. The van der Waals surface area contributed by atoms with Gasteiger partial charge in [0.1, 0.15) is 5.69 Å². The summed E-state index contributed by atoms with van der Waals surface area (Å²) in [5.74, 6) is 0. The first kappa shape index (κ1) is 16.4. The molecule has 0 spiro atoms. The first-order valence-electron chi connectivity index (χ1n) is 8.07. The second kappa shape index (κ2) is 7.39. The lowest BCUT2D eigenvalue weighted by Crippen LogP contribution is -2.46. The van der Waals surface area contributed by atoms with Crippen LogP contribution in [0.15, 0.2) is 24.5 Å². The van der Waals surface area contributed by atoms with E-state index in [9.17, 15) is 4.79 Å². The van der Waals surface area contributed by atoms with Crippen molar-refractivity contribution in [3.8, 4) is 0 Å². The first-order chi connectivity index (χ1) is 11.6. The van der Waals surface area contributed by atoms with E-state index in [1.807, 2.05) is 30.7 Å². The molecule has 2 amide bonds. The largest absolute Gasteiger partial charge is 0.370 e. The molecule has 0 saturated heterocycles. The monoisotopic (exact) mass is 330 g/mol. The van der Waals surface area contributed by atoms with Crippen LogP contribution in [0.4, 0.5) is 4.79 Å². The Morgan fingerprint density at radius 2 is 2.25 bits per heavy atom. The number of hydrogen-bond donors (Lipinski definition) is 1. The Kier molecular flexibility index (Phi) is 5.05. The van der Waals surface area contributed by atoms with E-state index < -0.39 is 0 Å². The third kappa shape index (κ3) is 3.88. The summed E-state index contributed by atoms with van der Waals surface area (Å²) in [6.45, 7) is 6.51. The molecule has 0 unspecified atom stereocenters. The normalized spacial score (nSPS) is 13.9. The van der Waals surface area contributed by atoms with Crippen molar-refractivity contribution in [2.75, 3.05) is 6.54 Å². The summed E-state index contributed by atoms with van der Waals surface area (Å²) in [5, 5.41) is 11.3. The van der Waals surface area contributed by atoms with Crippen molar-refractivity contribution < 1.29 is 9.53 Å². The minimum Gasteiger partial charge on any atom is -0.370 e. The molecule has 24 heavy (non-hydrogen) atoms. The zero-order chi connectivity index (χ0) is 16.9. The highest BCUT2D eigenvalue weighted by molar-refractivity contribution is 5.74. The maximum atomic E-state index is 12.2. The summed E-state index contributed by atoms with van der Waals surface area (Å²) in [6, 6.07) is 3.90. The van der Waals surface area contributed by atoms with Crippen molar-refractivity contribution in [3.63, 3.8) is 0 Å². The molecule has 0 bridgehead atoms. The standard InChI is InChI=1S/C16H22N6O2/c1-12(2)18-16(23)21-6-7-22-15(9-21)14(19-20-22)11-24-10-13-4-3-5-17-8-13/h3-5,8,12H,6-7,9-11H2,1-2H3,(H,18,23). The van der Waals surface area contributed by atoms with Crippen molar-refractivity contribution in [3.05, 3.63) is 41.5 Å². The average Bonchev–Trinajstić information content (AvgIpc) is 2.98. The molecule has 2 aromatic heterocycles. The van der Waals surface area contributed by atoms with Crippen LogP contribution in [0, 0.1) is 0 Å². The van der Waals surface area contributed by atoms with E-state index in [2.05, 4.69) is 20.6 Å². The molecule has 0 saturated carbocycles. The molecular weight excluding hydrogens is 308 g/mol. The quantitative estimate of drug-likeness (QED) is 0.894. The van der Waals surface area contributed by atoms with Crippen LogP contribution in [0.25, 0.3) is 0 Å². The number of amides is 2. The van der Waals surface area contributed by atoms with Crippen LogP contribution in [-0.2, 0) is 31.0 Å². The molecule has 0 aromatic carbocycles. The van der Waals surface area contributed by atoms with Crippen molar-refractivity contribution in [2.45, 2.75) is 46.2 Å². The van der Waals surface area contributed by atoms with Gasteiger partial charge in [0, 0.05) is 25.0 Å². The van der Waals surface area contributed by atoms with Gasteiger partial charge < -0.3 is 15.0 Å². The highest BCUT2D eigenvalue weighted by Crippen LogP contribution is 2.16. The third-order valence-corrected chi connectivity index (χ3v) is 3.77. The average molecular weight is 330 g/mol. The minimum absolute atomic E-state index is 0.0559. The fourth-order valence-electron chi connectivity index (χ4n) is 2.57. The molecule has 0 fully saturated rings. The Balaban J connectivity index is 1.59. The summed E-state index contributed by atoms with van der Waals surface area (Å²) in [6.07, 6.45) is 3.51. The van der Waals surface area contributed by atoms with Crippen LogP contribution in [0.5, 0.6) is 0 Å². The van der Waals surface area contributed by atoms with E-state index in [4.69, 9.17) is 4.74 Å². The number of rotatable bonds is 5. The smallest absolute Gasteiger partial charge is 0.318 e. The van der Waals surface area contributed by atoms with Gasteiger partial charge in [0.05, 0.1) is 32.0 Å². The molecule has 3 rings (SSSR count). The fraction of sp³-hybridized carbons (Fsp3) is 0.500. The van der Waals surface area contributed by atoms with Crippen molar-refractivity contribution in [2.24, 2.45) is 0 Å². The van der Waals surface area contributed by atoms with Crippen molar-refractivity contribution in [1.82, 2.24) is 30.2 Å². The van der Waals surface area contributed by atoms with Gasteiger partial charge in [-0.25, -0.2) is 9.48 Å². The lowest BCUT2D eigenvalue weighted by molar-refractivity contribution is 0.102. The fourth-order valence-corrected chi connectivity index (χ4v) is 2.57. The van der Waals surface area contributed by atoms with Crippen molar-refractivity contribution >= 4 is 6.03 Å². The predicted molar refractivity (Wildman–Crippen MR) is 86.8 cm³/mol. The lowest BCUT2D eigenvalue weighted by Gasteiger charge is -2.28. The predicted octanol–water partition coefficient (Wildman–Crippen LogP) is 1.32. The first-order valence-corrected chi connectivity index (χ1v) is 8.07. The number of fused-ring (bicyclic) bond motifs is 1. The van der Waals surface area contributed by atoms with E-state index >= 15 is 0 Å². The number of pyridine rings is 1. The van der Waals surface area contributed by atoms with Gasteiger partial charge in [-0.2, -0.15) is 0 Å². The van der Waals surface area contributed by atoms with Crippen LogP contribution >= 0.6 is 0 Å². The maximum absolute atomic E-state index is 12.2. The van der Waals surface area contributed by atoms with E-state index in [1.165, 1.54) is 0 Å². The van der Waals surface area contributed by atoms with Crippen LogP contribution < -0.4 is 5.32 Å². The zero-order valence-electron chi connectivity index (χ0n) is 14.0. The lowest BCUT2D eigenvalue weighted by atomic mass is 10.2. The van der Waals surface area contributed by atoms with Crippen molar-refractivity contribution in [1.29, 1.82) is 0 Å². The molecule has 8 nitrogen and oxygen atoms in total. The van der Waals surface area contributed by atoms with Gasteiger partial charge in [0.25, 0.3) is 0 Å². The van der Waals surface area contributed by atoms with Gasteiger partial charge in [0.15, 0.2) is 0 Å². The molecule has 128 valence electrons. The Morgan fingerprint density at radius 1 is 1.38 bits per heavy atom. The Hall–Kier alpha value is -2.48. The number of ether oxygens (including phenoxy) is 1. The summed E-state index contributed by atoms with van der Waals surface area (Å²) < 4.78 is 7.56. The summed E-state index contributed by atoms with van der Waals surface area (Å²) in [7, 11) is 0. The maximum Gasteiger partial charge on any atom is 0.318 e. The van der Waals surface area contributed by atoms with Crippen LogP contribution in [0.3, 0.4) is 0 Å². The highest BCUT2D eigenvalue weighted by atomic mass is 16.5. The highest BCUT2D eigenvalue weighted by Gasteiger charge is 2.25.